The predicted molar refractivity (Wildman–Crippen MR) is 122 cm³/mol. The van der Waals surface area contributed by atoms with Crippen LogP contribution in [0.1, 0.15) is 17.0 Å². The molecule has 0 amide bonds. The van der Waals surface area contributed by atoms with Crippen molar-refractivity contribution in [3.63, 3.8) is 0 Å². The number of hydrogen-bond acceptors (Lipinski definition) is 4. The number of halogens is 1. The van der Waals surface area contributed by atoms with Crippen molar-refractivity contribution in [2.45, 2.75) is 20.4 Å². The molecule has 8 heteroatoms. The van der Waals surface area contributed by atoms with Gasteiger partial charge in [-0.15, -0.1) is 0 Å². The van der Waals surface area contributed by atoms with Crippen molar-refractivity contribution in [3.05, 3.63) is 64.4 Å². The van der Waals surface area contributed by atoms with Crippen LogP contribution in [0.4, 0.5) is 11.4 Å². The number of ether oxygens (including phenoxy) is 2. The van der Waals surface area contributed by atoms with Crippen LogP contribution in [0.15, 0.2) is 42.5 Å². The number of benzene rings is 2. The Morgan fingerprint density at radius 3 is 2.55 bits per heavy atom. The van der Waals surface area contributed by atoms with Crippen LogP contribution in [-0.2, 0) is 6.54 Å². The van der Waals surface area contributed by atoms with Crippen LogP contribution in [0.5, 0.6) is 11.5 Å². The molecule has 1 aromatic heterocycles. The fraction of sp³-hybridized carbons (Fsp3) is 0.238. The lowest BCUT2D eigenvalue weighted by Gasteiger charge is -2.14. The molecule has 1 heterocycles. The van der Waals surface area contributed by atoms with Crippen LogP contribution in [0, 0.1) is 13.8 Å². The summed E-state index contributed by atoms with van der Waals surface area (Å²) in [5, 5.41) is 12.2. The van der Waals surface area contributed by atoms with E-state index < -0.39 is 0 Å². The lowest BCUT2D eigenvalue weighted by molar-refractivity contribution is 0.395. The first-order chi connectivity index (χ1) is 13.9. The molecule has 0 radical (unpaired) electrons. The molecule has 0 fully saturated rings. The Kier molecular flexibility index (Phi) is 6.61. The van der Waals surface area contributed by atoms with E-state index >= 15 is 0 Å². The second kappa shape index (κ2) is 9.15. The van der Waals surface area contributed by atoms with E-state index in [9.17, 15) is 0 Å². The highest BCUT2D eigenvalue weighted by Crippen LogP contribution is 2.29. The van der Waals surface area contributed by atoms with E-state index in [1.807, 2.05) is 54.9 Å². The molecule has 0 unspecified atom stereocenters. The Morgan fingerprint density at radius 1 is 1.10 bits per heavy atom. The zero-order valence-electron chi connectivity index (χ0n) is 16.7. The zero-order valence-corrected chi connectivity index (χ0v) is 18.3. The van der Waals surface area contributed by atoms with Gasteiger partial charge in [0.1, 0.15) is 11.5 Å². The van der Waals surface area contributed by atoms with Crippen LogP contribution in [0.3, 0.4) is 0 Å². The molecule has 0 bridgehead atoms. The second-order valence-electron chi connectivity index (χ2n) is 6.44. The van der Waals surface area contributed by atoms with Crippen molar-refractivity contribution in [2.75, 3.05) is 24.9 Å². The fourth-order valence-corrected chi connectivity index (χ4v) is 3.40. The van der Waals surface area contributed by atoms with E-state index in [2.05, 4.69) is 15.7 Å². The second-order valence-corrected chi connectivity index (χ2v) is 7.26. The summed E-state index contributed by atoms with van der Waals surface area (Å²) in [5.41, 5.74) is 4.43. The lowest BCUT2D eigenvalue weighted by atomic mass is 10.2. The van der Waals surface area contributed by atoms with Crippen LogP contribution in [0.2, 0.25) is 5.02 Å². The quantitative estimate of drug-likeness (QED) is 0.535. The molecular formula is C21H23ClN4O2S. The Balaban J connectivity index is 1.76. The molecule has 0 aliphatic heterocycles. The van der Waals surface area contributed by atoms with Crippen molar-refractivity contribution < 1.29 is 9.47 Å². The Hall–Kier alpha value is -2.77. The zero-order chi connectivity index (χ0) is 21.0. The Labute approximate surface area is 180 Å². The standard InChI is InChI=1S/C21H23ClN4O2S/c1-13-20(14(2)26(25-13)12-15-7-5-6-8-17(15)22)24-21(29)23-18-10-9-16(27-3)11-19(18)28-4/h5-11H,12H2,1-4H3,(H2,23,24,29). The minimum atomic E-state index is 0.442. The van der Waals surface area contributed by atoms with Gasteiger partial charge in [0, 0.05) is 11.1 Å². The number of thiocarbonyl (C=S) groups is 1. The number of aryl methyl sites for hydroxylation is 1. The maximum atomic E-state index is 6.29. The molecule has 0 saturated heterocycles. The molecular weight excluding hydrogens is 408 g/mol. The lowest BCUT2D eigenvalue weighted by Crippen LogP contribution is -2.20. The van der Waals surface area contributed by atoms with Crippen molar-refractivity contribution in [3.8, 4) is 11.5 Å². The topological polar surface area (TPSA) is 60.3 Å². The van der Waals surface area contributed by atoms with Crippen LogP contribution in [-0.4, -0.2) is 29.1 Å². The van der Waals surface area contributed by atoms with Gasteiger partial charge in [0.2, 0.25) is 0 Å². The van der Waals surface area contributed by atoms with E-state index in [4.69, 9.17) is 33.3 Å². The minimum Gasteiger partial charge on any atom is -0.497 e. The van der Waals surface area contributed by atoms with Gasteiger partial charge in [0.25, 0.3) is 0 Å². The molecule has 0 atom stereocenters. The summed E-state index contributed by atoms with van der Waals surface area (Å²) in [7, 11) is 3.21. The van der Waals surface area contributed by atoms with Gasteiger partial charge in [-0.25, -0.2) is 0 Å². The molecule has 3 aromatic rings. The first-order valence-electron chi connectivity index (χ1n) is 9.00. The molecule has 6 nitrogen and oxygen atoms in total. The monoisotopic (exact) mass is 430 g/mol. The number of nitrogens with one attached hydrogen (secondary N) is 2. The number of anilines is 2. The molecule has 0 aliphatic carbocycles. The van der Waals surface area contributed by atoms with Gasteiger partial charge in [-0.3, -0.25) is 4.68 Å². The van der Waals surface area contributed by atoms with E-state index in [0.717, 1.165) is 33.3 Å². The first kappa shape index (κ1) is 21.0. The summed E-state index contributed by atoms with van der Waals surface area (Å²) in [6.07, 6.45) is 0. The summed E-state index contributed by atoms with van der Waals surface area (Å²) >= 11 is 11.8. The summed E-state index contributed by atoms with van der Waals surface area (Å²) in [5.74, 6) is 1.34. The van der Waals surface area contributed by atoms with Gasteiger partial charge in [0.15, 0.2) is 5.11 Å². The summed E-state index contributed by atoms with van der Waals surface area (Å²) in [6.45, 7) is 4.52. The Morgan fingerprint density at radius 2 is 1.86 bits per heavy atom. The van der Waals surface area contributed by atoms with Gasteiger partial charge in [-0.05, 0) is 49.8 Å². The molecule has 0 aliphatic rings. The molecule has 2 N–H and O–H groups in total. The highest BCUT2D eigenvalue weighted by molar-refractivity contribution is 7.80. The molecule has 3 rings (SSSR count). The normalized spacial score (nSPS) is 10.5. The third kappa shape index (κ3) is 4.81. The van der Waals surface area contributed by atoms with Crippen LogP contribution >= 0.6 is 23.8 Å². The van der Waals surface area contributed by atoms with E-state index in [-0.39, 0.29) is 0 Å². The highest BCUT2D eigenvalue weighted by atomic mass is 35.5. The largest absolute Gasteiger partial charge is 0.497 e. The van der Waals surface area contributed by atoms with Crippen molar-refractivity contribution in [1.29, 1.82) is 0 Å². The van der Waals surface area contributed by atoms with E-state index in [0.29, 0.717) is 23.2 Å². The van der Waals surface area contributed by atoms with Gasteiger partial charge in [-0.2, -0.15) is 5.10 Å². The van der Waals surface area contributed by atoms with Gasteiger partial charge < -0.3 is 20.1 Å². The van der Waals surface area contributed by atoms with Gasteiger partial charge in [0.05, 0.1) is 43.5 Å². The highest BCUT2D eigenvalue weighted by Gasteiger charge is 2.15. The predicted octanol–water partition coefficient (Wildman–Crippen LogP) is 5.03. The summed E-state index contributed by atoms with van der Waals surface area (Å²) < 4.78 is 12.5. The number of methoxy groups -OCH3 is 2. The van der Waals surface area contributed by atoms with Gasteiger partial charge >= 0.3 is 0 Å². The summed E-state index contributed by atoms with van der Waals surface area (Å²) in [4.78, 5) is 0. The number of hydrogen-bond donors (Lipinski definition) is 2. The number of aromatic nitrogens is 2. The maximum Gasteiger partial charge on any atom is 0.175 e. The SMILES string of the molecule is COc1ccc(NC(=S)Nc2c(C)nn(Cc3ccccc3Cl)c2C)c(OC)c1. The molecule has 0 saturated carbocycles. The fourth-order valence-electron chi connectivity index (χ4n) is 2.99. The molecule has 0 spiro atoms. The van der Waals surface area contributed by atoms with Crippen LogP contribution in [0.25, 0.3) is 0 Å². The van der Waals surface area contributed by atoms with Crippen molar-refractivity contribution in [1.82, 2.24) is 9.78 Å². The first-order valence-corrected chi connectivity index (χ1v) is 9.79. The Bertz CT molecular complexity index is 1040. The van der Waals surface area contributed by atoms with E-state index in [1.54, 1.807) is 20.3 Å². The smallest absolute Gasteiger partial charge is 0.175 e. The molecule has 29 heavy (non-hydrogen) atoms. The average Bonchev–Trinajstić information content (AvgIpc) is 2.97. The van der Waals surface area contributed by atoms with E-state index in [1.165, 1.54) is 0 Å². The molecule has 152 valence electrons. The minimum absolute atomic E-state index is 0.442. The third-order valence-corrected chi connectivity index (χ3v) is 5.13. The summed E-state index contributed by atoms with van der Waals surface area (Å²) in [6, 6.07) is 13.2. The van der Waals surface area contributed by atoms with Gasteiger partial charge in [-0.1, -0.05) is 29.8 Å². The maximum absolute atomic E-state index is 6.29. The van der Waals surface area contributed by atoms with Crippen molar-refractivity contribution in [2.24, 2.45) is 0 Å². The third-order valence-electron chi connectivity index (χ3n) is 4.55. The number of nitrogens with zero attached hydrogens (tertiary/aromatic N) is 2. The molecule has 2 aromatic carbocycles. The van der Waals surface area contributed by atoms with Crippen molar-refractivity contribution >= 4 is 40.3 Å². The average molecular weight is 431 g/mol. The number of rotatable bonds is 6. The van der Waals surface area contributed by atoms with Crippen LogP contribution < -0.4 is 20.1 Å².